The van der Waals surface area contributed by atoms with Gasteiger partial charge < -0.3 is 61.5 Å². The van der Waals surface area contributed by atoms with Crippen molar-refractivity contribution >= 4 is 23.9 Å². The van der Waals surface area contributed by atoms with Crippen molar-refractivity contribution in [3.05, 3.63) is 0 Å². The Morgan fingerprint density at radius 2 is 0.607 bits per heavy atom. The molecule has 0 aromatic rings. The zero-order valence-electron chi connectivity index (χ0n) is 16.4. The van der Waals surface area contributed by atoms with E-state index in [1.54, 1.807) is 0 Å². The minimum Gasteiger partial charge on any atom is -0.549 e. The van der Waals surface area contributed by atoms with Gasteiger partial charge in [0.1, 0.15) is 0 Å². The van der Waals surface area contributed by atoms with E-state index in [-0.39, 0.29) is 153 Å². The van der Waals surface area contributed by atoms with Crippen LogP contribution in [0.5, 0.6) is 0 Å². The average molecular weight is 452 g/mol. The Morgan fingerprint density at radius 1 is 0.464 bits per heavy atom. The molecule has 0 atom stereocenters. The molecule has 0 saturated carbocycles. The van der Waals surface area contributed by atoms with Crippen molar-refractivity contribution in [2.75, 3.05) is 39.3 Å². The second kappa shape index (κ2) is 33.3. The van der Waals surface area contributed by atoms with E-state index in [0.717, 1.165) is 9.80 Å². The van der Waals surface area contributed by atoms with Gasteiger partial charge in [-0.1, -0.05) is 0 Å². The maximum Gasteiger partial charge on any atom is 1.00 e. The van der Waals surface area contributed by atoms with Crippen molar-refractivity contribution in [2.45, 2.75) is 0 Å². The van der Waals surface area contributed by atoms with E-state index >= 15 is 0 Å². The zero-order chi connectivity index (χ0) is 15.7. The van der Waals surface area contributed by atoms with Gasteiger partial charge in [-0.3, -0.25) is 9.80 Å². The molecule has 0 radical (unpaired) electrons. The first-order chi connectivity index (χ1) is 9.20. The normalized spacial score (nSPS) is 7.64. The third-order valence-electron chi connectivity index (χ3n) is 2.14. The molecule has 0 fully saturated rings. The minimum atomic E-state index is -1.53. The molecule has 28 heavy (non-hydrogen) atoms. The number of carbonyl (C=O) groups excluding carboxylic acids is 4. The van der Waals surface area contributed by atoms with Crippen LogP contribution >= 0.6 is 0 Å². The number of carbonyl (C=O) groups is 4. The number of carboxylic acid groups (broad SMARTS) is 4. The molecule has 0 amide bonds. The maximum atomic E-state index is 10.4. The molecule has 0 aliphatic heterocycles. The van der Waals surface area contributed by atoms with Crippen molar-refractivity contribution in [3.8, 4) is 0 Å². The minimum absolute atomic E-state index is 0. The fourth-order valence-corrected chi connectivity index (χ4v) is 1.44. The number of aliphatic carboxylic acids is 4. The molecular weight excluding hydrogens is 432 g/mol. The number of rotatable bonds is 11. The summed E-state index contributed by atoms with van der Waals surface area (Å²) in [6.07, 6.45) is 0. The summed E-state index contributed by atoms with van der Waals surface area (Å²) < 4.78 is 0. The molecule has 0 spiro atoms. The molecule has 0 aliphatic carbocycles. The smallest absolute Gasteiger partial charge is 0.549 e. The third kappa shape index (κ3) is 38.3. The van der Waals surface area contributed by atoms with Crippen LogP contribution in [0.4, 0.5) is 0 Å². The summed E-state index contributed by atoms with van der Waals surface area (Å²) in [6.45, 7) is -3.25. The first-order valence-corrected chi connectivity index (χ1v) is 5.44. The van der Waals surface area contributed by atoms with Crippen molar-refractivity contribution in [1.82, 2.24) is 9.80 Å². The van der Waals surface area contributed by atoms with Crippen LogP contribution in [-0.2, 0) is 19.2 Å². The van der Waals surface area contributed by atoms with Crippen molar-refractivity contribution in [3.63, 3.8) is 0 Å². The van der Waals surface area contributed by atoms with Gasteiger partial charge in [0.15, 0.2) is 0 Å². The Morgan fingerprint density at radius 3 is 0.714 bits per heavy atom. The molecule has 8 N–H and O–H groups in total. The predicted octanol–water partition coefficient (Wildman–Crippen LogP) is -22.7. The van der Waals surface area contributed by atoms with Crippen LogP contribution in [0.2, 0.25) is 0 Å². The number of nitrogens with zero attached hydrogens (tertiary/aromatic N) is 2. The van der Waals surface area contributed by atoms with Crippen molar-refractivity contribution < 1.29 is 180 Å². The van der Waals surface area contributed by atoms with E-state index in [0.29, 0.717) is 0 Å². The number of carboxylic acids is 4. The molecule has 0 aromatic heterocycles. The van der Waals surface area contributed by atoms with Crippen LogP contribution in [-0.4, -0.2) is 94.9 Å². The molecule has 0 saturated heterocycles. The topological polar surface area (TPSA) is 293 Å². The molecule has 0 heterocycles. The van der Waals surface area contributed by atoms with E-state index in [1.807, 2.05) is 0 Å². The first kappa shape index (κ1) is 57.1. The maximum absolute atomic E-state index is 10.4. The largest absolute Gasteiger partial charge is 1.00 e. The van der Waals surface area contributed by atoms with Gasteiger partial charge in [-0.15, -0.1) is 0 Å². The molecule has 0 aliphatic rings. The van der Waals surface area contributed by atoms with E-state index in [9.17, 15) is 39.6 Å². The fraction of sp³-hybridized carbons (Fsp3) is 0.600. The van der Waals surface area contributed by atoms with Gasteiger partial charge in [-0.2, -0.15) is 0 Å². The van der Waals surface area contributed by atoms with Gasteiger partial charge >= 0.3 is 118 Å². The Bertz CT molecular complexity index is 337. The summed E-state index contributed by atoms with van der Waals surface area (Å²) in [4.78, 5) is 43.4. The summed E-state index contributed by atoms with van der Waals surface area (Å²) in [5.41, 5.74) is 0. The zero-order valence-corrected chi connectivity index (χ0v) is 24.4. The molecule has 0 aromatic carbocycles. The Labute approximate surface area is 249 Å². The summed E-state index contributed by atoms with van der Waals surface area (Å²) in [5, 5.41) is 41.6. The standard InChI is InChI=1S/C10H16N2O8.4Na.4H2O/c13-7(14)3-11(4-8(15)16)1-2-12(5-9(17)18)6-10(19)20;;;;;;;;/h1-6H2,(H,13,14)(H,15,16)(H,17,18)(H,19,20);;;;;4*1H2/q;4*+1;;;;/p-4. The summed E-state index contributed by atoms with van der Waals surface area (Å²) in [7, 11) is 0. The van der Waals surface area contributed by atoms with Crippen LogP contribution in [0.15, 0.2) is 0 Å². The molecular formula is C10H20N2Na4O12. The molecule has 14 nitrogen and oxygen atoms in total. The molecule has 146 valence electrons. The molecule has 0 bridgehead atoms. The van der Waals surface area contributed by atoms with Gasteiger partial charge in [0.25, 0.3) is 0 Å². The summed E-state index contributed by atoms with van der Waals surface area (Å²) in [6, 6.07) is 0. The van der Waals surface area contributed by atoms with Crippen LogP contribution in [0, 0.1) is 0 Å². The monoisotopic (exact) mass is 452 g/mol. The van der Waals surface area contributed by atoms with Gasteiger partial charge in [-0.25, -0.2) is 0 Å². The van der Waals surface area contributed by atoms with Crippen LogP contribution < -0.4 is 139 Å². The molecule has 0 unspecified atom stereocenters. The Hall–Kier alpha value is 1.64. The Kier molecular flexibility index (Phi) is 67.8. The quantitative estimate of drug-likeness (QED) is 0.266. The van der Waals surface area contributed by atoms with E-state index in [4.69, 9.17) is 0 Å². The third-order valence-corrected chi connectivity index (χ3v) is 2.14. The van der Waals surface area contributed by atoms with Gasteiger partial charge in [0, 0.05) is 39.3 Å². The van der Waals surface area contributed by atoms with E-state index < -0.39 is 50.1 Å². The predicted molar refractivity (Wildman–Crippen MR) is 67.4 cm³/mol. The van der Waals surface area contributed by atoms with Gasteiger partial charge in [0.05, 0.1) is 23.9 Å². The Balaban J connectivity index is -0.0000000645. The van der Waals surface area contributed by atoms with Gasteiger partial charge in [-0.05, 0) is 0 Å². The summed E-state index contributed by atoms with van der Waals surface area (Å²) in [5.74, 6) is -6.12. The first-order valence-electron chi connectivity index (χ1n) is 5.44. The average Bonchev–Trinajstić information content (AvgIpc) is 2.22. The summed E-state index contributed by atoms with van der Waals surface area (Å²) >= 11 is 0. The van der Waals surface area contributed by atoms with E-state index in [2.05, 4.69) is 0 Å². The van der Waals surface area contributed by atoms with Crippen LogP contribution in [0.3, 0.4) is 0 Å². The van der Waals surface area contributed by atoms with Crippen molar-refractivity contribution in [2.24, 2.45) is 0 Å². The number of hydrogen-bond donors (Lipinski definition) is 0. The second-order valence-electron chi connectivity index (χ2n) is 3.91. The van der Waals surface area contributed by atoms with Crippen molar-refractivity contribution in [1.29, 1.82) is 0 Å². The fourth-order valence-electron chi connectivity index (χ4n) is 1.44. The number of hydrogen-bond acceptors (Lipinski definition) is 10. The SMILES string of the molecule is O.O.O.O.O=C([O-])CN(CCN(CC(=O)[O-])CC(=O)[O-])CC(=O)[O-].[Na+].[Na+].[Na+].[Na+]. The van der Waals surface area contributed by atoms with E-state index in [1.165, 1.54) is 0 Å². The van der Waals surface area contributed by atoms with Crippen LogP contribution in [0.25, 0.3) is 0 Å². The molecule has 0 rings (SSSR count). The van der Waals surface area contributed by atoms with Gasteiger partial charge in [0.2, 0.25) is 0 Å². The molecule has 18 heteroatoms. The van der Waals surface area contributed by atoms with Crippen LogP contribution in [0.1, 0.15) is 0 Å². The second-order valence-corrected chi connectivity index (χ2v) is 3.91.